The number of carbonyl (C=O) groups excluding carboxylic acids is 1. The van der Waals surface area contributed by atoms with E-state index in [0.29, 0.717) is 12.1 Å². The lowest BCUT2D eigenvalue weighted by atomic mass is 10.2. The quantitative estimate of drug-likeness (QED) is 0.841. The Hall–Kier alpha value is -1.46. The number of hydrogen-bond donors (Lipinski definition) is 1. The van der Waals surface area contributed by atoms with Gasteiger partial charge < -0.3 is 15.5 Å². The Morgan fingerprint density at radius 2 is 2.05 bits per heavy atom. The van der Waals surface area contributed by atoms with Gasteiger partial charge in [0.25, 0.3) is 5.91 Å². The lowest BCUT2D eigenvalue weighted by Gasteiger charge is -2.22. The van der Waals surface area contributed by atoms with Gasteiger partial charge in [0.05, 0.1) is 0 Å². The van der Waals surface area contributed by atoms with Gasteiger partial charge in [-0.1, -0.05) is 6.07 Å². The van der Waals surface area contributed by atoms with Crippen molar-refractivity contribution in [1.82, 2.24) is 9.80 Å². The molecule has 0 aromatic heterocycles. The first-order valence-electron chi connectivity index (χ1n) is 7.68. The number of hydrogen-bond acceptors (Lipinski definition) is 3. The van der Waals surface area contributed by atoms with Crippen LogP contribution in [0.1, 0.15) is 29.6 Å². The second-order valence-electron chi connectivity index (χ2n) is 5.49. The fourth-order valence-corrected chi connectivity index (χ4v) is 2.68. The van der Waals surface area contributed by atoms with Gasteiger partial charge in [0.15, 0.2) is 0 Å². The van der Waals surface area contributed by atoms with E-state index in [9.17, 15) is 9.18 Å². The lowest BCUT2D eigenvalue weighted by molar-refractivity contribution is 0.0761. The summed E-state index contributed by atoms with van der Waals surface area (Å²) in [7, 11) is 0. The minimum absolute atomic E-state index is 0.0710. The number of amides is 1. The van der Waals surface area contributed by atoms with Crippen LogP contribution in [0.5, 0.6) is 0 Å². The van der Waals surface area contributed by atoms with Gasteiger partial charge in [-0.25, -0.2) is 4.39 Å². The summed E-state index contributed by atoms with van der Waals surface area (Å²) in [5.41, 5.74) is 5.95. The van der Waals surface area contributed by atoms with E-state index < -0.39 is 0 Å². The van der Waals surface area contributed by atoms with Gasteiger partial charge in [0.2, 0.25) is 0 Å². The van der Waals surface area contributed by atoms with Gasteiger partial charge in [-0.2, -0.15) is 0 Å². The normalized spacial score (nSPS) is 16.8. The summed E-state index contributed by atoms with van der Waals surface area (Å²) in [6, 6.07) is 5.93. The highest BCUT2D eigenvalue weighted by Gasteiger charge is 2.20. The molecule has 1 aromatic rings. The summed E-state index contributed by atoms with van der Waals surface area (Å²) >= 11 is 0. The SMILES string of the molecule is NCCCCN1CCCN(C(=O)c2cccc(F)c2)CC1. The highest BCUT2D eigenvalue weighted by Crippen LogP contribution is 2.11. The van der Waals surface area contributed by atoms with Gasteiger partial charge in [-0.15, -0.1) is 0 Å². The molecule has 2 N–H and O–H groups in total. The molecule has 1 aromatic carbocycles. The summed E-state index contributed by atoms with van der Waals surface area (Å²) in [5, 5.41) is 0. The zero-order chi connectivity index (χ0) is 15.1. The van der Waals surface area contributed by atoms with E-state index in [0.717, 1.165) is 52.0 Å². The Morgan fingerprint density at radius 1 is 1.19 bits per heavy atom. The predicted octanol–water partition coefficient (Wildman–Crippen LogP) is 1.71. The Morgan fingerprint density at radius 3 is 2.81 bits per heavy atom. The Bertz CT molecular complexity index is 467. The van der Waals surface area contributed by atoms with E-state index in [1.165, 1.54) is 12.1 Å². The highest BCUT2D eigenvalue weighted by atomic mass is 19.1. The van der Waals surface area contributed by atoms with Crippen LogP contribution in [-0.4, -0.2) is 55.0 Å². The smallest absolute Gasteiger partial charge is 0.254 e. The molecule has 0 atom stereocenters. The first kappa shape index (κ1) is 15.9. The average Bonchev–Trinajstić information content (AvgIpc) is 2.72. The first-order valence-corrected chi connectivity index (χ1v) is 7.68. The molecule has 1 aliphatic rings. The molecule has 4 nitrogen and oxygen atoms in total. The van der Waals surface area contributed by atoms with E-state index >= 15 is 0 Å². The summed E-state index contributed by atoms with van der Waals surface area (Å²) in [5.74, 6) is -0.433. The van der Waals surface area contributed by atoms with Crippen molar-refractivity contribution in [3.05, 3.63) is 35.6 Å². The molecule has 5 heteroatoms. The molecular weight excluding hydrogens is 269 g/mol. The maximum atomic E-state index is 13.2. The van der Waals surface area contributed by atoms with Crippen LogP contribution < -0.4 is 5.73 Å². The number of nitrogens with two attached hydrogens (primary N) is 1. The molecule has 0 radical (unpaired) electrons. The minimum atomic E-state index is -0.362. The van der Waals surface area contributed by atoms with Crippen LogP contribution in [0.2, 0.25) is 0 Å². The Labute approximate surface area is 125 Å². The molecule has 1 fully saturated rings. The summed E-state index contributed by atoms with van der Waals surface area (Å²) in [6.07, 6.45) is 3.11. The molecule has 1 heterocycles. The third-order valence-electron chi connectivity index (χ3n) is 3.88. The molecule has 1 saturated heterocycles. The van der Waals surface area contributed by atoms with E-state index in [4.69, 9.17) is 5.73 Å². The molecule has 116 valence electrons. The van der Waals surface area contributed by atoms with Crippen LogP contribution >= 0.6 is 0 Å². The monoisotopic (exact) mass is 293 g/mol. The molecule has 21 heavy (non-hydrogen) atoms. The molecule has 1 amide bonds. The summed E-state index contributed by atoms with van der Waals surface area (Å²) in [4.78, 5) is 16.6. The molecule has 0 bridgehead atoms. The number of nitrogens with zero attached hydrogens (tertiary/aromatic N) is 2. The van der Waals surface area contributed by atoms with Crippen LogP contribution in [-0.2, 0) is 0 Å². The zero-order valence-corrected chi connectivity index (χ0v) is 12.4. The number of carbonyl (C=O) groups is 1. The maximum Gasteiger partial charge on any atom is 0.254 e. The van der Waals surface area contributed by atoms with E-state index in [-0.39, 0.29) is 11.7 Å². The minimum Gasteiger partial charge on any atom is -0.337 e. The van der Waals surface area contributed by atoms with Gasteiger partial charge in [-0.05, 0) is 57.1 Å². The molecular formula is C16H24FN3O. The average molecular weight is 293 g/mol. The van der Waals surface area contributed by atoms with Gasteiger partial charge in [-0.3, -0.25) is 4.79 Å². The van der Waals surface area contributed by atoms with Crippen LogP contribution in [0.4, 0.5) is 4.39 Å². The van der Waals surface area contributed by atoms with Crippen molar-refractivity contribution in [3.63, 3.8) is 0 Å². The fraction of sp³-hybridized carbons (Fsp3) is 0.562. The van der Waals surface area contributed by atoms with Crippen molar-refractivity contribution in [2.45, 2.75) is 19.3 Å². The van der Waals surface area contributed by atoms with Crippen LogP contribution in [0.3, 0.4) is 0 Å². The van der Waals surface area contributed by atoms with Gasteiger partial charge >= 0.3 is 0 Å². The predicted molar refractivity (Wildman–Crippen MR) is 81.6 cm³/mol. The number of rotatable bonds is 5. The van der Waals surface area contributed by atoms with Crippen molar-refractivity contribution < 1.29 is 9.18 Å². The second kappa shape index (κ2) is 8.10. The summed E-state index contributed by atoms with van der Waals surface area (Å²) < 4.78 is 13.2. The Kier molecular flexibility index (Phi) is 6.14. The van der Waals surface area contributed by atoms with Crippen molar-refractivity contribution in [3.8, 4) is 0 Å². The Balaban J connectivity index is 1.89. The second-order valence-corrected chi connectivity index (χ2v) is 5.49. The summed E-state index contributed by atoms with van der Waals surface area (Å²) in [6.45, 7) is 5.11. The molecule has 1 aliphatic heterocycles. The van der Waals surface area contributed by atoms with E-state index in [2.05, 4.69) is 4.90 Å². The molecule has 2 rings (SSSR count). The van der Waals surface area contributed by atoms with Crippen molar-refractivity contribution in [1.29, 1.82) is 0 Å². The van der Waals surface area contributed by atoms with Gasteiger partial charge in [0.1, 0.15) is 5.82 Å². The highest BCUT2D eigenvalue weighted by molar-refractivity contribution is 5.94. The third-order valence-corrected chi connectivity index (χ3v) is 3.88. The van der Waals surface area contributed by atoms with Crippen molar-refractivity contribution in [2.75, 3.05) is 39.3 Å². The van der Waals surface area contributed by atoms with Crippen molar-refractivity contribution >= 4 is 5.91 Å². The van der Waals surface area contributed by atoms with E-state index in [1.807, 2.05) is 4.90 Å². The molecule has 0 saturated carbocycles. The molecule has 0 unspecified atom stereocenters. The third kappa shape index (κ3) is 4.79. The standard InChI is InChI=1S/C16H24FN3O/c17-15-6-3-5-14(13-15)16(21)20-10-4-9-19(11-12-20)8-2-1-7-18/h3,5-6,13H,1-2,4,7-12,18H2. The zero-order valence-electron chi connectivity index (χ0n) is 12.4. The molecule has 0 aliphatic carbocycles. The molecule has 0 spiro atoms. The number of unbranched alkanes of at least 4 members (excludes halogenated alkanes) is 1. The maximum absolute atomic E-state index is 13.2. The fourth-order valence-electron chi connectivity index (χ4n) is 2.68. The lowest BCUT2D eigenvalue weighted by Crippen LogP contribution is -2.35. The first-order chi connectivity index (χ1) is 10.2. The van der Waals surface area contributed by atoms with Crippen LogP contribution in [0, 0.1) is 5.82 Å². The number of benzene rings is 1. The largest absolute Gasteiger partial charge is 0.337 e. The van der Waals surface area contributed by atoms with Crippen molar-refractivity contribution in [2.24, 2.45) is 5.73 Å². The van der Waals surface area contributed by atoms with Crippen LogP contribution in [0.25, 0.3) is 0 Å². The van der Waals surface area contributed by atoms with E-state index in [1.54, 1.807) is 12.1 Å². The topological polar surface area (TPSA) is 49.6 Å². The van der Waals surface area contributed by atoms with Crippen LogP contribution in [0.15, 0.2) is 24.3 Å². The van der Waals surface area contributed by atoms with Gasteiger partial charge in [0, 0.05) is 25.2 Å². The number of halogens is 1.